The van der Waals surface area contributed by atoms with E-state index in [9.17, 15) is 9.59 Å². The maximum Gasteiger partial charge on any atom is 0.433 e. The van der Waals surface area contributed by atoms with Crippen LogP contribution in [-0.2, 0) is 16.1 Å². The van der Waals surface area contributed by atoms with Gasteiger partial charge in [0.15, 0.2) is 0 Å². The Kier molecular flexibility index (Phi) is 8.11. The lowest BCUT2D eigenvalue weighted by Crippen LogP contribution is -2.33. The summed E-state index contributed by atoms with van der Waals surface area (Å²) in [6.07, 6.45) is 7.05. The monoisotopic (exact) mass is 521 g/mol. The Morgan fingerprint density at radius 3 is 2.44 bits per heavy atom. The molecule has 39 heavy (non-hydrogen) atoms. The van der Waals surface area contributed by atoms with Crippen molar-refractivity contribution >= 4 is 18.1 Å². The molecule has 2 aliphatic heterocycles. The maximum atomic E-state index is 12.3. The van der Waals surface area contributed by atoms with Crippen LogP contribution in [0.3, 0.4) is 0 Å². The maximum absolute atomic E-state index is 12.3. The molecule has 2 heterocycles. The number of allylic oxidation sites excluding steroid dienone is 3. The van der Waals surface area contributed by atoms with E-state index in [1.54, 1.807) is 5.06 Å². The Labute approximate surface area is 230 Å². The van der Waals surface area contributed by atoms with Gasteiger partial charge in [0, 0.05) is 17.8 Å². The summed E-state index contributed by atoms with van der Waals surface area (Å²) in [6.45, 7) is 5.38. The summed E-state index contributed by atoms with van der Waals surface area (Å²) in [7, 11) is 0. The number of aldehydes is 1. The zero-order valence-corrected chi connectivity index (χ0v) is 22.6. The Morgan fingerprint density at radius 2 is 1.74 bits per heavy atom. The first-order valence-electron chi connectivity index (χ1n) is 13.6. The standard InChI is InChI=1S/C33H35N3O3/c1-3-4-10-28-19-24(2)35(32(22-37)27-11-6-5-7-12-27)21-29(28)20-25-15-17-26(18-16-25)30-13-8-9-14-31(30)36-23-34-33(38)39-36/h5-9,11-19,22,32H,3-4,10,20-21,23H2,1-2H3,(H,34,38). The number of anilines is 1. The minimum Gasteiger partial charge on any atom is -0.357 e. The van der Waals surface area contributed by atoms with E-state index in [2.05, 4.69) is 54.4 Å². The molecule has 1 fully saturated rings. The largest absolute Gasteiger partial charge is 0.433 e. The molecule has 3 aromatic carbocycles. The van der Waals surface area contributed by atoms with E-state index in [0.717, 1.165) is 66.6 Å². The van der Waals surface area contributed by atoms with Crippen molar-refractivity contribution in [2.75, 3.05) is 18.3 Å². The number of hydrogen-bond acceptors (Lipinski definition) is 5. The molecule has 0 aliphatic carbocycles. The predicted octanol–water partition coefficient (Wildman–Crippen LogP) is 6.96. The van der Waals surface area contributed by atoms with Gasteiger partial charge in [-0.25, -0.2) is 4.79 Å². The van der Waals surface area contributed by atoms with Crippen LogP contribution in [0.4, 0.5) is 10.5 Å². The SMILES string of the molecule is CCCCC1=C(Cc2ccc(-c3ccccc3N3CNC(=O)O3)cc2)CN(C(C=O)c2ccccc2)C(C)=C1. The molecule has 1 saturated heterocycles. The summed E-state index contributed by atoms with van der Waals surface area (Å²) < 4.78 is 0. The second-order valence-corrected chi connectivity index (χ2v) is 10.1. The van der Waals surface area contributed by atoms with Gasteiger partial charge in [-0.2, -0.15) is 5.06 Å². The number of para-hydroxylation sites is 1. The van der Waals surface area contributed by atoms with Crippen LogP contribution < -0.4 is 10.4 Å². The summed E-state index contributed by atoms with van der Waals surface area (Å²) >= 11 is 0. The smallest absolute Gasteiger partial charge is 0.357 e. The van der Waals surface area contributed by atoms with Gasteiger partial charge in [0.1, 0.15) is 19.0 Å². The fourth-order valence-electron chi connectivity index (χ4n) is 5.37. The highest BCUT2D eigenvalue weighted by atomic mass is 16.7. The van der Waals surface area contributed by atoms with Crippen molar-refractivity contribution < 1.29 is 14.4 Å². The molecule has 0 aromatic heterocycles. The van der Waals surface area contributed by atoms with Crippen LogP contribution in [0, 0.1) is 0 Å². The molecular weight excluding hydrogens is 486 g/mol. The minimum absolute atomic E-state index is 0.307. The molecule has 1 atom stereocenters. The van der Waals surface area contributed by atoms with Gasteiger partial charge in [0.05, 0.1) is 5.69 Å². The summed E-state index contributed by atoms with van der Waals surface area (Å²) in [6, 6.07) is 26.2. The van der Waals surface area contributed by atoms with Crippen molar-refractivity contribution in [3.05, 3.63) is 113 Å². The number of rotatable bonds is 10. The molecule has 1 unspecified atom stereocenters. The van der Waals surface area contributed by atoms with Gasteiger partial charge >= 0.3 is 6.09 Å². The third-order valence-corrected chi connectivity index (χ3v) is 7.47. The number of nitrogens with zero attached hydrogens (tertiary/aromatic N) is 2. The van der Waals surface area contributed by atoms with E-state index in [4.69, 9.17) is 4.84 Å². The van der Waals surface area contributed by atoms with Crippen molar-refractivity contribution in [2.24, 2.45) is 0 Å². The average Bonchev–Trinajstić information content (AvgIpc) is 3.41. The van der Waals surface area contributed by atoms with E-state index in [0.29, 0.717) is 6.67 Å². The zero-order valence-electron chi connectivity index (χ0n) is 22.6. The van der Waals surface area contributed by atoms with E-state index < -0.39 is 6.09 Å². The van der Waals surface area contributed by atoms with Crippen molar-refractivity contribution in [1.29, 1.82) is 0 Å². The minimum atomic E-state index is -0.442. The third kappa shape index (κ3) is 5.90. The number of unbranched alkanes of at least 4 members (excludes halogenated alkanes) is 1. The van der Waals surface area contributed by atoms with Crippen molar-refractivity contribution in [3.8, 4) is 11.1 Å². The number of amides is 1. The molecule has 5 rings (SSSR count). The van der Waals surface area contributed by atoms with Gasteiger partial charge in [0.2, 0.25) is 0 Å². The van der Waals surface area contributed by atoms with Gasteiger partial charge in [0.25, 0.3) is 0 Å². The quantitative estimate of drug-likeness (QED) is 0.292. The molecule has 0 saturated carbocycles. The van der Waals surface area contributed by atoms with Gasteiger partial charge < -0.3 is 14.5 Å². The number of carbonyl (C=O) groups is 2. The number of carbonyl (C=O) groups excluding carboxylic acids is 2. The van der Waals surface area contributed by atoms with Crippen LogP contribution in [0.25, 0.3) is 11.1 Å². The van der Waals surface area contributed by atoms with Crippen LogP contribution in [0.5, 0.6) is 0 Å². The molecule has 6 nitrogen and oxygen atoms in total. The van der Waals surface area contributed by atoms with Crippen molar-refractivity contribution in [3.63, 3.8) is 0 Å². The van der Waals surface area contributed by atoms with Crippen LogP contribution in [0.2, 0.25) is 0 Å². The van der Waals surface area contributed by atoms with E-state index >= 15 is 0 Å². The Hall–Kier alpha value is -4.32. The molecule has 1 N–H and O–H groups in total. The number of hydrogen-bond donors (Lipinski definition) is 1. The Balaban J connectivity index is 1.39. The summed E-state index contributed by atoms with van der Waals surface area (Å²) in [5.41, 5.74) is 9.03. The predicted molar refractivity (Wildman–Crippen MR) is 155 cm³/mol. The van der Waals surface area contributed by atoms with Crippen LogP contribution in [-0.4, -0.2) is 30.5 Å². The number of benzene rings is 3. The van der Waals surface area contributed by atoms with E-state index in [1.807, 2.05) is 54.6 Å². The molecule has 0 bridgehead atoms. The molecule has 0 spiro atoms. The lowest BCUT2D eigenvalue weighted by molar-refractivity contribution is -0.111. The van der Waals surface area contributed by atoms with Gasteiger partial charge in [-0.3, -0.25) is 5.32 Å². The van der Waals surface area contributed by atoms with Crippen molar-refractivity contribution in [1.82, 2.24) is 10.2 Å². The molecule has 200 valence electrons. The summed E-state index contributed by atoms with van der Waals surface area (Å²) in [5.74, 6) is 0. The first kappa shape index (κ1) is 26.3. The first-order chi connectivity index (χ1) is 19.1. The highest BCUT2D eigenvalue weighted by Gasteiger charge is 2.26. The lowest BCUT2D eigenvalue weighted by atomic mass is 9.90. The summed E-state index contributed by atoms with van der Waals surface area (Å²) in [4.78, 5) is 31.4. The molecular formula is C33H35N3O3. The Morgan fingerprint density at radius 1 is 1.00 bits per heavy atom. The topological polar surface area (TPSA) is 61.9 Å². The zero-order chi connectivity index (χ0) is 27.2. The fourth-order valence-corrected chi connectivity index (χ4v) is 5.37. The third-order valence-electron chi connectivity index (χ3n) is 7.47. The molecule has 1 amide bonds. The normalized spacial score (nSPS) is 16.1. The Bertz CT molecular complexity index is 1380. The highest BCUT2D eigenvalue weighted by Crippen LogP contribution is 2.34. The molecule has 6 heteroatoms. The molecule has 0 radical (unpaired) electrons. The second-order valence-electron chi connectivity index (χ2n) is 10.1. The number of nitrogens with one attached hydrogen (secondary N) is 1. The van der Waals surface area contributed by atoms with E-state index in [1.165, 1.54) is 16.7 Å². The van der Waals surface area contributed by atoms with Crippen molar-refractivity contribution in [2.45, 2.75) is 45.6 Å². The van der Waals surface area contributed by atoms with Crippen LogP contribution in [0.15, 0.2) is 102 Å². The molecule has 3 aromatic rings. The fraction of sp³-hybridized carbons (Fsp3) is 0.273. The molecule has 2 aliphatic rings. The lowest BCUT2D eigenvalue weighted by Gasteiger charge is -2.36. The van der Waals surface area contributed by atoms with Crippen LogP contribution >= 0.6 is 0 Å². The first-order valence-corrected chi connectivity index (χ1v) is 13.6. The van der Waals surface area contributed by atoms with Gasteiger partial charge in [-0.1, -0.05) is 86.1 Å². The average molecular weight is 522 g/mol. The van der Waals surface area contributed by atoms with Gasteiger partial charge in [-0.15, -0.1) is 0 Å². The second kappa shape index (κ2) is 12.0. The highest BCUT2D eigenvalue weighted by molar-refractivity contribution is 5.81. The van der Waals surface area contributed by atoms with Gasteiger partial charge in [-0.05, 0) is 66.2 Å². The summed E-state index contributed by atoms with van der Waals surface area (Å²) in [5, 5.41) is 4.26. The number of hydroxylamine groups is 1. The van der Waals surface area contributed by atoms with Crippen LogP contribution in [0.1, 0.15) is 50.3 Å². The van der Waals surface area contributed by atoms with E-state index in [-0.39, 0.29) is 6.04 Å².